The summed E-state index contributed by atoms with van der Waals surface area (Å²) < 4.78 is 10.9. The number of fused-ring (bicyclic) bond motifs is 1. The van der Waals surface area contributed by atoms with Gasteiger partial charge in [0.2, 0.25) is 5.88 Å². The molecular formula is C24H31N5O3. The second kappa shape index (κ2) is 9.99. The quantitative estimate of drug-likeness (QED) is 0.617. The van der Waals surface area contributed by atoms with Gasteiger partial charge >= 0.3 is 0 Å². The minimum atomic E-state index is 0.0166. The number of carbonyl (C=O) groups is 1. The minimum Gasteiger partial charge on any atom is -0.480 e. The molecule has 1 aromatic heterocycles. The Labute approximate surface area is 189 Å². The van der Waals surface area contributed by atoms with Gasteiger partial charge in [-0.2, -0.15) is 4.98 Å². The zero-order valence-corrected chi connectivity index (χ0v) is 19.1. The van der Waals surface area contributed by atoms with Crippen LogP contribution in [-0.4, -0.2) is 72.1 Å². The number of carbonyl (C=O) groups excluding carboxylic acids is 1. The second-order valence-electron chi connectivity index (χ2n) is 8.29. The molecular weight excluding hydrogens is 406 g/mol. The summed E-state index contributed by atoms with van der Waals surface area (Å²) in [7, 11) is 1.61. The van der Waals surface area contributed by atoms with E-state index in [1.807, 2.05) is 36.9 Å². The van der Waals surface area contributed by atoms with E-state index in [4.69, 9.17) is 9.47 Å². The lowest BCUT2D eigenvalue weighted by molar-refractivity contribution is 0.0804. The number of amides is 1. The van der Waals surface area contributed by atoms with Gasteiger partial charge in [-0.1, -0.05) is 11.6 Å². The number of nitrogens with zero attached hydrogens (tertiary/aromatic N) is 5. The predicted octanol–water partition coefficient (Wildman–Crippen LogP) is 3.09. The highest BCUT2D eigenvalue weighted by atomic mass is 16.5. The average Bonchev–Trinajstić information content (AvgIpc) is 2.93. The fourth-order valence-electron chi connectivity index (χ4n) is 4.10. The van der Waals surface area contributed by atoms with Crippen molar-refractivity contribution < 1.29 is 14.3 Å². The first-order valence-electron chi connectivity index (χ1n) is 11.1. The van der Waals surface area contributed by atoms with Gasteiger partial charge in [-0.15, -0.1) is 0 Å². The Morgan fingerprint density at radius 2 is 1.84 bits per heavy atom. The molecule has 2 aliphatic rings. The molecule has 2 aliphatic heterocycles. The number of rotatable bonds is 7. The van der Waals surface area contributed by atoms with E-state index in [-0.39, 0.29) is 5.91 Å². The lowest BCUT2D eigenvalue weighted by Crippen LogP contribution is -2.47. The van der Waals surface area contributed by atoms with Crippen LogP contribution in [0.5, 0.6) is 11.6 Å². The molecule has 0 bridgehead atoms. The molecule has 1 saturated heterocycles. The highest BCUT2D eigenvalue weighted by Gasteiger charge is 2.24. The number of hydrogen-bond donors (Lipinski definition) is 0. The van der Waals surface area contributed by atoms with Crippen LogP contribution in [0.15, 0.2) is 42.6 Å². The second-order valence-corrected chi connectivity index (χ2v) is 8.29. The number of aryl methyl sites for hydroxylation is 1. The summed E-state index contributed by atoms with van der Waals surface area (Å²) in [6.45, 7) is 9.44. The van der Waals surface area contributed by atoms with Crippen LogP contribution in [-0.2, 0) is 0 Å². The van der Waals surface area contributed by atoms with Crippen molar-refractivity contribution in [3.8, 4) is 11.6 Å². The van der Waals surface area contributed by atoms with Crippen molar-refractivity contribution in [1.29, 1.82) is 0 Å². The molecule has 4 rings (SSSR count). The number of unbranched alkanes of at least 4 members (excludes halogenated alkanes) is 1. The molecule has 0 atom stereocenters. The number of aromatic nitrogens is 2. The predicted molar refractivity (Wildman–Crippen MR) is 123 cm³/mol. The molecule has 0 aliphatic carbocycles. The summed E-state index contributed by atoms with van der Waals surface area (Å²) in [5.74, 6) is 2.05. The smallest absolute Gasteiger partial charge is 0.261 e. The van der Waals surface area contributed by atoms with E-state index >= 15 is 0 Å². The third-order valence-corrected chi connectivity index (χ3v) is 6.00. The zero-order valence-electron chi connectivity index (χ0n) is 19.1. The molecule has 1 aromatic carbocycles. The van der Waals surface area contributed by atoms with Gasteiger partial charge in [0.15, 0.2) is 5.82 Å². The molecule has 8 nitrogen and oxygen atoms in total. The molecule has 170 valence electrons. The normalized spacial score (nSPS) is 16.8. The van der Waals surface area contributed by atoms with Gasteiger partial charge in [0.05, 0.1) is 30.8 Å². The van der Waals surface area contributed by atoms with Gasteiger partial charge in [0, 0.05) is 32.7 Å². The van der Waals surface area contributed by atoms with Crippen LogP contribution < -0.4 is 14.4 Å². The summed E-state index contributed by atoms with van der Waals surface area (Å²) in [6.07, 6.45) is 7.07. The van der Waals surface area contributed by atoms with Gasteiger partial charge in [-0.25, -0.2) is 0 Å². The number of benzene rings is 1. The van der Waals surface area contributed by atoms with Crippen LogP contribution in [0.1, 0.15) is 35.7 Å². The molecule has 1 fully saturated rings. The Kier molecular flexibility index (Phi) is 6.90. The standard InChI is InChI=1S/C24H31N5O3/c1-18-6-7-21-20(14-18)24(30)29(19(2)17-32-21)9-5-4-8-27-10-12-28(13-11-27)22-15-25-16-23(26-22)31-3/h6-7,14-17H,4-5,8-13H2,1-3H3. The van der Waals surface area contributed by atoms with Crippen molar-refractivity contribution in [3.05, 3.63) is 53.7 Å². The monoisotopic (exact) mass is 437 g/mol. The molecule has 0 radical (unpaired) electrons. The fourth-order valence-corrected chi connectivity index (χ4v) is 4.10. The maximum atomic E-state index is 13.1. The first-order valence-corrected chi connectivity index (χ1v) is 11.1. The maximum Gasteiger partial charge on any atom is 0.261 e. The van der Waals surface area contributed by atoms with Gasteiger partial charge in [-0.3, -0.25) is 14.7 Å². The van der Waals surface area contributed by atoms with Crippen LogP contribution in [0.2, 0.25) is 0 Å². The van der Waals surface area contributed by atoms with Crippen molar-refractivity contribution in [3.63, 3.8) is 0 Å². The van der Waals surface area contributed by atoms with Crippen molar-refractivity contribution >= 4 is 11.7 Å². The highest BCUT2D eigenvalue weighted by Crippen LogP contribution is 2.27. The molecule has 3 heterocycles. The van der Waals surface area contributed by atoms with E-state index < -0.39 is 0 Å². The zero-order chi connectivity index (χ0) is 22.5. The Morgan fingerprint density at radius 3 is 2.62 bits per heavy atom. The number of methoxy groups -OCH3 is 1. The largest absolute Gasteiger partial charge is 0.480 e. The number of ether oxygens (including phenoxy) is 2. The van der Waals surface area contributed by atoms with E-state index in [0.717, 1.165) is 62.6 Å². The molecule has 0 saturated carbocycles. The van der Waals surface area contributed by atoms with Gasteiger partial charge in [0.25, 0.3) is 5.91 Å². The summed E-state index contributed by atoms with van der Waals surface area (Å²) in [4.78, 5) is 28.3. The number of piperazine rings is 1. The van der Waals surface area contributed by atoms with E-state index in [2.05, 4.69) is 19.8 Å². The molecule has 0 unspecified atom stereocenters. The maximum absolute atomic E-state index is 13.1. The first-order chi connectivity index (χ1) is 15.5. The molecule has 32 heavy (non-hydrogen) atoms. The summed E-state index contributed by atoms with van der Waals surface area (Å²) in [6, 6.07) is 5.74. The van der Waals surface area contributed by atoms with E-state index in [1.54, 1.807) is 25.8 Å². The lowest BCUT2D eigenvalue weighted by atomic mass is 10.1. The Hall–Kier alpha value is -3.13. The molecule has 2 aromatic rings. The molecule has 0 N–H and O–H groups in total. The van der Waals surface area contributed by atoms with Crippen LogP contribution in [0.25, 0.3) is 0 Å². The number of hydrogen-bond acceptors (Lipinski definition) is 7. The van der Waals surface area contributed by atoms with Crippen LogP contribution in [0.3, 0.4) is 0 Å². The molecule has 0 spiro atoms. The lowest BCUT2D eigenvalue weighted by Gasteiger charge is -2.35. The van der Waals surface area contributed by atoms with Gasteiger partial charge < -0.3 is 19.3 Å². The highest BCUT2D eigenvalue weighted by molar-refractivity contribution is 5.98. The van der Waals surface area contributed by atoms with E-state index in [1.165, 1.54) is 0 Å². The van der Waals surface area contributed by atoms with E-state index in [0.29, 0.717) is 23.7 Å². The fraction of sp³-hybridized carbons (Fsp3) is 0.458. The van der Waals surface area contributed by atoms with Gasteiger partial charge in [-0.05, 0) is 45.4 Å². The summed E-state index contributed by atoms with van der Waals surface area (Å²) >= 11 is 0. The Bertz CT molecular complexity index is 985. The minimum absolute atomic E-state index is 0.0166. The SMILES string of the molecule is COc1cncc(N2CCN(CCCCN3C(=O)c4cc(C)ccc4OC=C3C)CC2)n1. The van der Waals surface area contributed by atoms with Crippen LogP contribution >= 0.6 is 0 Å². The summed E-state index contributed by atoms with van der Waals surface area (Å²) in [5.41, 5.74) is 2.53. The van der Waals surface area contributed by atoms with Gasteiger partial charge in [0.1, 0.15) is 12.0 Å². The van der Waals surface area contributed by atoms with Crippen LogP contribution in [0, 0.1) is 6.92 Å². The topological polar surface area (TPSA) is 71.0 Å². The van der Waals surface area contributed by atoms with Crippen molar-refractivity contribution in [2.45, 2.75) is 26.7 Å². The summed E-state index contributed by atoms with van der Waals surface area (Å²) in [5, 5.41) is 0. The molecule has 1 amide bonds. The van der Waals surface area contributed by atoms with Crippen molar-refractivity contribution in [2.24, 2.45) is 0 Å². The number of allylic oxidation sites excluding steroid dienone is 1. The Morgan fingerprint density at radius 1 is 1.06 bits per heavy atom. The molecule has 8 heteroatoms. The van der Waals surface area contributed by atoms with Crippen LogP contribution in [0.4, 0.5) is 5.82 Å². The third kappa shape index (κ3) is 5.02. The Balaban J connectivity index is 1.24. The third-order valence-electron chi connectivity index (χ3n) is 6.00. The van der Waals surface area contributed by atoms with E-state index in [9.17, 15) is 4.79 Å². The average molecular weight is 438 g/mol. The first kappa shape index (κ1) is 22.1. The number of anilines is 1. The van der Waals surface area contributed by atoms with Crippen molar-refractivity contribution in [1.82, 2.24) is 19.8 Å². The van der Waals surface area contributed by atoms with Crippen molar-refractivity contribution in [2.75, 3.05) is 51.3 Å².